The minimum atomic E-state index is -0.531. The quantitative estimate of drug-likeness (QED) is 0.427. The van der Waals surface area contributed by atoms with Gasteiger partial charge in [-0.3, -0.25) is 14.5 Å². The van der Waals surface area contributed by atoms with Crippen molar-refractivity contribution in [1.29, 1.82) is 0 Å². The zero-order chi connectivity index (χ0) is 25.5. The Morgan fingerprint density at radius 3 is 2.39 bits per heavy atom. The third-order valence-electron chi connectivity index (χ3n) is 6.43. The molecule has 7 nitrogen and oxygen atoms in total. The molecule has 0 spiro atoms. The summed E-state index contributed by atoms with van der Waals surface area (Å²) in [5.74, 6) is -0.388. The topological polar surface area (TPSA) is 84.9 Å². The molecule has 0 atom stereocenters. The lowest BCUT2D eigenvalue weighted by Gasteiger charge is -2.22. The van der Waals surface area contributed by atoms with Crippen LogP contribution in [0.5, 0.6) is 5.75 Å². The smallest absolute Gasteiger partial charge is 0.340 e. The highest BCUT2D eigenvalue weighted by Crippen LogP contribution is 2.35. The van der Waals surface area contributed by atoms with Crippen LogP contribution in [0.25, 0.3) is 6.08 Å². The maximum absolute atomic E-state index is 13.4. The fraction of sp³-hybridized carbons (Fsp3) is 0.345. The molecule has 0 saturated heterocycles. The lowest BCUT2D eigenvalue weighted by Crippen LogP contribution is -2.38. The molecule has 1 saturated carbocycles. The number of nitrogens with zero attached hydrogens (tertiary/aromatic N) is 1. The van der Waals surface area contributed by atoms with Crippen LogP contribution in [-0.2, 0) is 19.1 Å². The Bertz CT molecular complexity index is 1160. The molecule has 4 rings (SSSR count). The third kappa shape index (κ3) is 5.85. The maximum atomic E-state index is 13.4. The minimum absolute atomic E-state index is 0.0452. The van der Waals surface area contributed by atoms with E-state index in [1.807, 2.05) is 30.3 Å². The van der Waals surface area contributed by atoms with Crippen LogP contribution in [0.15, 0.2) is 71.4 Å². The van der Waals surface area contributed by atoms with Crippen molar-refractivity contribution in [2.75, 3.05) is 18.1 Å². The molecule has 1 aliphatic carbocycles. The summed E-state index contributed by atoms with van der Waals surface area (Å²) < 4.78 is 10.9. The maximum Gasteiger partial charge on any atom is 0.340 e. The van der Waals surface area contributed by atoms with Gasteiger partial charge in [0.05, 0.1) is 17.8 Å². The molecule has 36 heavy (non-hydrogen) atoms. The van der Waals surface area contributed by atoms with Crippen molar-refractivity contribution in [3.63, 3.8) is 0 Å². The Hall–Kier alpha value is -3.87. The first-order valence-electron chi connectivity index (χ1n) is 12.5. The molecule has 2 aromatic rings. The SMILES string of the molecule is CCOC(=O)C1=C(C)N(c2ccccc2)C(=O)/C1=C\c1ccc(OCC(=O)NC2CCCCC2)cc1. The van der Waals surface area contributed by atoms with Crippen LogP contribution in [0.2, 0.25) is 0 Å². The van der Waals surface area contributed by atoms with Crippen LogP contribution >= 0.6 is 0 Å². The van der Waals surface area contributed by atoms with Crippen LogP contribution in [-0.4, -0.2) is 37.0 Å². The van der Waals surface area contributed by atoms with Gasteiger partial charge in [0.1, 0.15) is 5.75 Å². The monoisotopic (exact) mass is 488 g/mol. The first-order chi connectivity index (χ1) is 17.5. The lowest BCUT2D eigenvalue weighted by molar-refractivity contribution is -0.138. The number of rotatable bonds is 8. The first kappa shape index (κ1) is 25.2. The Balaban J connectivity index is 1.48. The molecule has 2 amide bonds. The van der Waals surface area contributed by atoms with Gasteiger partial charge < -0.3 is 14.8 Å². The van der Waals surface area contributed by atoms with Gasteiger partial charge in [0.15, 0.2) is 6.61 Å². The van der Waals surface area contributed by atoms with Gasteiger partial charge in [-0.25, -0.2) is 4.79 Å². The molecule has 2 aliphatic rings. The van der Waals surface area contributed by atoms with Gasteiger partial charge in [0.25, 0.3) is 11.8 Å². The molecule has 7 heteroatoms. The fourth-order valence-corrected chi connectivity index (χ4v) is 4.66. The Labute approximate surface area is 211 Å². The number of carbonyl (C=O) groups is 3. The van der Waals surface area contributed by atoms with E-state index in [0.717, 1.165) is 31.2 Å². The van der Waals surface area contributed by atoms with E-state index in [2.05, 4.69) is 5.32 Å². The van der Waals surface area contributed by atoms with E-state index in [1.54, 1.807) is 44.2 Å². The molecule has 0 radical (unpaired) electrons. The molecule has 0 unspecified atom stereocenters. The number of anilines is 1. The van der Waals surface area contributed by atoms with Crippen molar-refractivity contribution in [2.24, 2.45) is 0 Å². The molecule has 0 aromatic heterocycles. The van der Waals surface area contributed by atoms with E-state index in [-0.39, 0.29) is 42.2 Å². The summed E-state index contributed by atoms with van der Waals surface area (Å²) in [5, 5.41) is 3.04. The van der Waals surface area contributed by atoms with Gasteiger partial charge in [-0.2, -0.15) is 0 Å². The molecular formula is C29H32N2O5. The summed E-state index contributed by atoms with van der Waals surface area (Å²) in [7, 11) is 0. The summed E-state index contributed by atoms with van der Waals surface area (Å²) in [6.07, 6.45) is 7.27. The number of allylic oxidation sites excluding steroid dienone is 1. The van der Waals surface area contributed by atoms with Gasteiger partial charge >= 0.3 is 5.97 Å². The van der Waals surface area contributed by atoms with Gasteiger partial charge in [-0.15, -0.1) is 0 Å². The summed E-state index contributed by atoms with van der Waals surface area (Å²) in [6, 6.07) is 16.5. The first-order valence-corrected chi connectivity index (χ1v) is 12.5. The zero-order valence-electron chi connectivity index (χ0n) is 20.8. The number of carbonyl (C=O) groups excluding carboxylic acids is 3. The molecule has 0 bridgehead atoms. The number of hydrogen-bond donors (Lipinski definition) is 1. The van der Waals surface area contributed by atoms with Crippen molar-refractivity contribution in [3.8, 4) is 5.75 Å². The van der Waals surface area contributed by atoms with E-state index in [1.165, 1.54) is 11.3 Å². The number of esters is 1. The second-order valence-corrected chi connectivity index (χ2v) is 8.98. The number of hydrogen-bond acceptors (Lipinski definition) is 5. The third-order valence-corrected chi connectivity index (χ3v) is 6.43. The summed E-state index contributed by atoms with van der Waals surface area (Å²) in [5.41, 5.74) is 2.46. The predicted molar refractivity (Wildman–Crippen MR) is 138 cm³/mol. The molecular weight excluding hydrogens is 456 g/mol. The number of para-hydroxylation sites is 1. The summed E-state index contributed by atoms with van der Waals surface area (Å²) in [6.45, 7) is 3.64. The van der Waals surface area contributed by atoms with Crippen LogP contribution in [0.1, 0.15) is 51.5 Å². The minimum Gasteiger partial charge on any atom is -0.484 e. The van der Waals surface area contributed by atoms with Crippen LogP contribution in [0.3, 0.4) is 0 Å². The van der Waals surface area contributed by atoms with E-state index in [9.17, 15) is 14.4 Å². The van der Waals surface area contributed by atoms with Crippen LogP contribution in [0.4, 0.5) is 5.69 Å². The van der Waals surface area contributed by atoms with Gasteiger partial charge in [0.2, 0.25) is 0 Å². The van der Waals surface area contributed by atoms with Crippen molar-refractivity contribution >= 4 is 29.5 Å². The second-order valence-electron chi connectivity index (χ2n) is 8.98. The van der Waals surface area contributed by atoms with Gasteiger partial charge in [-0.05, 0) is 62.6 Å². The Morgan fingerprint density at radius 2 is 1.72 bits per heavy atom. The predicted octanol–water partition coefficient (Wildman–Crippen LogP) is 4.78. The van der Waals surface area contributed by atoms with Crippen LogP contribution < -0.4 is 15.0 Å². The molecule has 1 N–H and O–H groups in total. The van der Waals surface area contributed by atoms with E-state index in [4.69, 9.17) is 9.47 Å². The van der Waals surface area contributed by atoms with E-state index < -0.39 is 5.97 Å². The fourth-order valence-electron chi connectivity index (χ4n) is 4.66. The second kappa shape index (κ2) is 11.7. The number of ether oxygens (including phenoxy) is 2. The highest BCUT2D eigenvalue weighted by molar-refractivity contribution is 6.23. The average molecular weight is 489 g/mol. The average Bonchev–Trinajstić information content (AvgIpc) is 3.13. The largest absolute Gasteiger partial charge is 0.484 e. The summed E-state index contributed by atoms with van der Waals surface area (Å²) in [4.78, 5) is 39.9. The Morgan fingerprint density at radius 1 is 1.03 bits per heavy atom. The van der Waals surface area contributed by atoms with Crippen LogP contribution in [0, 0.1) is 0 Å². The van der Waals surface area contributed by atoms with Crippen molar-refractivity contribution in [3.05, 3.63) is 77.0 Å². The normalized spacial score (nSPS) is 17.4. The number of amides is 2. The molecule has 1 fully saturated rings. The highest BCUT2D eigenvalue weighted by Gasteiger charge is 2.38. The van der Waals surface area contributed by atoms with Crippen molar-refractivity contribution in [1.82, 2.24) is 5.32 Å². The molecule has 1 heterocycles. The molecule has 188 valence electrons. The van der Waals surface area contributed by atoms with Crippen molar-refractivity contribution < 1.29 is 23.9 Å². The Kier molecular flexibility index (Phi) is 8.21. The van der Waals surface area contributed by atoms with E-state index >= 15 is 0 Å². The van der Waals surface area contributed by atoms with Gasteiger partial charge in [0, 0.05) is 17.4 Å². The summed E-state index contributed by atoms with van der Waals surface area (Å²) >= 11 is 0. The van der Waals surface area contributed by atoms with Gasteiger partial charge in [-0.1, -0.05) is 49.6 Å². The van der Waals surface area contributed by atoms with Crippen molar-refractivity contribution in [2.45, 2.75) is 52.0 Å². The van der Waals surface area contributed by atoms with E-state index in [0.29, 0.717) is 17.1 Å². The zero-order valence-corrected chi connectivity index (χ0v) is 20.8. The lowest BCUT2D eigenvalue weighted by atomic mass is 9.95. The highest BCUT2D eigenvalue weighted by atomic mass is 16.5. The standard InChI is InChI=1S/C29H32N2O5/c1-3-35-29(34)27-20(2)31(23-12-8-5-9-13-23)28(33)25(27)18-21-14-16-24(17-15-21)36-19-26(32)30-22-10-6-4-7-11-22/h5,8-9,12-18,22H,3-4,6-7,10-11,19H2,1-2H3,(H,30,32)/b25-18-. The number of nitrogens with one attached hydrogen (secondary N) is 1. The molecule has 2 aromatic carbocycles. The molecule has 1 aliphatic heterocycles. The number of benzene rings is 2.